The molecule has 0 saturated carbocycles. The van der Waals surface area contributed by atoms with Gasteiger partial charge in [-0.2, -0.15) is 0 Å². The summed E-state index contributed by atoms with van der Waals surface area (Å²) in [6.07, 6.45) is 7.01. The number of nitrogens with zero attached hydrogens (tertiary/aromatic N) is 1. The van der Waals surface area contributed by atoms with Crippen molar-refractivity contribution in [2.45, 2.75) is 45.8 Å². The van der Waals surface area contributed by atoms with Gasteiger partial charge in [0.05, 0.1) is 7.11 Å². The van der Waals surface area contributed by atoms with E-state index in [4.69, 9.17) is 44.2 Å². The van der Waals surface area contributed by atoms with Crippen LogP contribution in [0.1, 0.15) is 45.6 Å². The van der Waals surface area contributed by atoms with E-state index in [1.54, 1.807) is 39.2 Å². The summed E-state index contributed by atoms with van der Waals surface area (Å²) < 4.78 is 9.74. The molecule has 1 unspecified atom stereocenters. The van der Waals surface area contributed by atoms with Crippen molar-refractivity contribution in [3.8, 4) is 0 Å². The molecular weight excluding hydrogens is 529 g/mol. The fraction of sp³-hybridized carbons (Fsp3) is 0.536. The van der Waals surface area contributed by atoms with Crippen molar-refractivity contribution < 1.29 is 14.3 Å². The van der Waals surface area contributed by atoms with Gasteiger partial charge in [-0.15, -0.1) is 11.8 Å². The summed E-state index contributed by atoms with van der Waals surface area (Å²) in [7, 11) is 7.09. The number of hydrogen-bond donors (Lipinski definition) is 2. The van der Waals surface area contributed by atoms with Gasteiger partial charge in [0.25, 0.3) is 0 Å². The van der Waals surface area contributed by atoms with Crippen LogP contribution in [-0.4, -0.2) is 59.7 Å². The molecule has 37 heavy (non-hydrogen) atoms. The number of rotatable bonds is 11. The van der Waals surface area contributed by atoms with Crippen molar-refractivity contribution >= 4 is 41.8 Å². The molecule has 1 aliphatic rings. The van der Waals surface area contributed by atoms with Crippen LogP contribution < -0.4 is 11.5 Å². The minimum Gasteiger partial charge on any atom is -0.497 e. The van der Waals surface area contributed by atoms with Gasteiger partial charge in [0.15, 0.2) is 0 Å². The Labute approximate surface area is 239 Å². The van der Waals surface area contributed by atoms with Gasteiger partial charge in [0, 0.05) is 53.0 Å². The monoisotopic (exact) mass is 575 g/mol. The van der Waals surface area contributed by atoms with E-state index in [1.807, 2.05) is 25.0 Å². The Morgan fingerprint density at radius 1 is 1.16 bits per heavy atom. The van der Waals surface area contributed by atoms with E-state index in [0.717, 1.165) is 34.1 Å². The predicted octanol–water partition coefficient (Wildman–Crippen LogP) is 6.67. The summed E-state index contributed by atoms with van der Waals surface area (Å²) >= 11 is 14.0. The zero-order chi connectivity index (χ0) is 28.8. The number of carbonyl (C=O) groups excluding carboxylic acids is 1. The van der Waals surface area contributed by atoms with Gasteiger partial charge in [-0.3, -0.25) is 0 Å². The minimum absolute atomic E-state index is 0.141. The van der Waals surface area contributed by atoms with Crippen LogP contribution in [0, 0.1) is 5.92 Å². The van der Waals surface area contributed by atoms with E-state index < -0.39 is 0 Å². The average molecular weight is 577 g/mol. The second-order valence-electron chi connectivity index (χ2n) is 8.04. The first kappa shape index (κ1) is 37.7. The molecule has 1 aliphatic carbocycles. The summed E-state index contributed by atoms with van der Waals surface area (Å²) in [5.41, 5.74) is 15.2. The molecule has 0 aliphatic heterocycles. The first-order valence-corrected chi connectivity index (χ1v) is 14.1. The molecule has 0 fully saturated rings. The van der Waals surface area contributed by atoms with Gasteiger partial charge in [-0.05, 0) is 68.9 Å². The second kappa shape index (κ2) is 23.6. The highest BCUT2D eigenvalue weighted by Crippen LogP contribution is 2.41. The molecule has 0 radical (unpaired) electrons. The fourth-order valence-corrected chi connectivity index (χ4v) is 5.20. The van der Waals surface area contributed by atoms with Crippen molar-refractivity contribution in [3.05, 3.63) is 67.9 Å². The number of benzene rings is 1. The highest BCUT2D eigenvalue weighted by molar-refractivity contribution is 8.02. The van der Waals surface area contributed by atoms with E-state index in [-0.39, 0.29) is 5.92 Å². The highest BCUT2D eigenvalue weighted by atomic mass is 35.5. The molecule has 0 heterocycles. The van der Waals surface area contributed by atoms with Crippen molar-refractivity contribution in [3.63, 3.8) is 0 Å². The molecule has 0 bridgehead atoms. The van der Waals surface area contributed by atoms with E-state index in [1.165, 1.54) is 25.1 Å². The molecule has 0 amide bonds. The molecule has 0 saturated heterocycles. The number of ether oxygens (including phenoxy) is 2. The molecule has 2 rings (SSSR count). The largest absolute Gasteiger partial charge is 0.497 e. The quantitative estimate of drug-likeness (QED) is 0.304. The first-order valence-electron chi connectivity index (χ1n) is 12.3. The highest BCUT2D eigenvalue weighted by Gasteiger charge is 2.26. The topological polar surface area (TPSA) is 90.8 Å². The molecule has 1 aromatic carbocycles. The number of methoxy groups -OCH3 is 2. The van der Waals surface area contributed by atoms with Crippen molar-refractivity contribution in [1.82, 2.24) is 4.90 Å². The van der Waals surface area contributed by atoms with Crippen LogP contribution in [0.25, 0.3) is 0 Å². The van der Waals surface area contributed by atoms with E-state index in [9.17, 15) is 0 Å². The van der Waals surface area contributed by atoms with Crippen molar-refractivity contribution in [2.24, 2.45) is 17.4 Å². The molecule has 0 spiro atoms. The molecule has 9 heteroatoms. The Morgan fingerprint density at radius 2 is 1.78 bits per heavy atom. The zero-order valence-corrected chi connectivity index (χ0v) is 25.9. The van der Waals surface area contributed by atoms with Gasteiger partial charge in [0.1, 0.15) is 12.5 Å². The Balaban J connectivity index is 0. The van der Waals surface area contributed by atoms with E-state index >= 15 is 0 Å². The van der Waals surface area contributed by atoms with Crippen LogP contribution in [0.2, 0.25) is 10.0 Å². The van der Waals surface area contributed by atoms with Crippen LogP contribution in [-0.2, 0) is 20.0 Å². The molecule has 1 atom stereocenters. The second-order valence-corrected chi connectivity index (χ2v) is 9.90. The SMILES string of the molecule is C=O.CCC1=C(OC)C=CC1/C(SCc1ccc(Cl)cc1Cl)=C(/N)CCN.CCCN(C)CC.COC. The van der Waals surface area contributed by atoms with Gasteiger partial charge < -0.3 is 30.6 Å². The first-order chi connectivity index (χ1) is 17.7. The number of thioether (sulfide) groups is 1. The maximum atomic E-state index is 8.00. The number of nitrogens with two attached hydrogens (primary N) is 2. The van der Waals surface area contributed by atoms with Gasteiger partial charge in [-0.1, -0.05) is 56.1 Å². The molecule has 0 aromatic heterocycles. The lowest BCUT2D eigenvalue weighted by Crippen LogP contribution is -2.17. The zero-order valence-electron chi connectivity index (χ0n) is 23.6. The number of hydrogen-bond acceptors (Lipinski definition) is 7. The Hall–Kier alpha value is -1.48. The maximum absolute atomic E-state index is 8.00. The number of carbonyl (C=O) groups is 1. The molecular formula is C28H47Cl2N3O3S. The Morgan fingerprint density at radius 3 is 2.22 bits per heavy atom. The predicted molar refractivity (Wildman–Crippen MR) is 163 cm³/mol. The standard InChI is InChI=1S/C19H24Cl2N2OS.C6H15N.C2H6O.CH2O/c1-3-14-15(6-7-18(14)24-2)19(17(23)8-9-22)25-11-12-4-5-13(20)10-16(12)21;1-4-6-7(3)5-2;1-3-2;1-2/h4-7,10,15H,3,8-9,11,22-23H2,1-2H3;4-6H2,1-3H3;1-2H3;1H2/b19-17-;;;. The van der Waals surface area contributed by atoms with E-state index in [2.05, 4.69) is 43.5 Å². The Bertz CT molecular complexity index is 848. The lowest BCUT2D eigenvalue weighted by Gasteiger charge is -2.20. The summed E-state index contributed by atoms with van der Waals surface area (Å²) in [6.45, 7) is 11.4. The van der Waals surface area contributed by atoms with Crippen LogP contribution in [0.4, 0.5) is 0 Å². The summed E-state index contributed by atoms with van der Waals surface area (Å²) in [5, 5.41) is 1.30. The average Bonchev–Trinajstić information content (AvgIpc) is 3.30. The molecule has 212 valence electrons. The Kier molecular flexibility index (Phi) is 24.1. The molecule has 6 nitrogen and oxygen atoms in total. The van der Waals surface area contributed by atoms with Crippen LogP contribution in [0.5, 0.6) is 0 Å². The third kappa shape index (κ3) is 14.9. The van der Waals surface area contributed by atoms with Crippen molar-refractivity contribution in [1.29, 1.82) is 0 Å². The lowest BCUT2D eigenvalue weighted by atomic mass is 9.98. The van der Waals surface area contributed by atoms with E-state index in [0.29, 0.717) is 23.0 Å². The van der Waals surface area contributed by atoms with Crippen molar-refractivity contribution in [2.75, 3.05) is 48.0 Å². The summed E-state index contributed by atoms with van der Waals surface area (Å²) in [4.78, 5) is 11.4. The smallest absolute Gasteiger partial charge is 0.118 e. The molecule has 4 N–H and O–H groups in total. The third-order valence-electron chi connectivity index (χ3n) is 5.29. The maximum Gasteiger partial charge on any atom is 0.118 e. The minimum atomic E-state index is 0.141. The van der Waals surface area contributed by atoms with Crippen LogP contribution in [0.15, 0.2) is 52.3 Å². The third-order valence-corrected chi connectivity index (χ3v) is 7.16. The summed E-state index contributed by atoms with van der Waals surface area (Å²) in [6, 6.07) is 5.57. The van der Waals surface area contributed by atoms with Crippen LogP contribution in [0.3, 0.4) is 0 Å². The van der Waals surface area contributed by atoms with Gasteiger partial charge >= 0.3 is 0 Å². The van der Waals surface area contributed by atoms with Gasteiger partial charge in [-0.25, -0.2) is 0 Å². The van der Waals surface area contributed by atoms with Crippen LogP contribution >= 0.6 is 35.0 Å². The van der Waals surface area contributed by atoms with Gasteiger partial charge in [0.2, 0.25) is 0 Å². The summed E-state index contributed by atoms with van der Waals surface area (Å²) in [5.74, 6) is 1.79. The number of halogens is 2. The normalized spacial score (nSPS) is 14.6. The lowest BCUT2D eigenvalue weighted by molar-refractivity contribution is -0.0979. The molecule has 1 aromatic rings. The number of allylic oxidation sites excluding steroid dienone is 4. The fourth-order valence-electron chi connectivity index (χ4n) is 3.39.